The van der Waals surface area contributed by atoms with E-state index >= 15 is 0 Å². The highest BCUT2D eigenvalue weighted by Crippen LogP contribution is 2.22. The highest BCUT2D eigenvalue weighted by atomic mass is 19.1. The van der Waals surface area contributed by atoms with Crippen LogP contribution in [0.2, 0.25) is 0 Å². The smallest absolute Gasteiger partial charge is 0.146 e. The largest absolute Gasteiger partial charge is 0.497 e. The van der Waals surface area contributed by atoms with Gasteiger partial charge in [0.1, 0.15) is 23.9 Å². The molecule has 0 unspecified atom stereocenters. The Labute approximate surface area is 124 Å². The van der Waals surface area contributed by atoms with Crippen molar-refractivity contribution in [3.63, 3.8) is 0 Å². The summed E-state index contributed by atoms with van der Waals surface area (Å²) in [6.07, 6.45) is 1.70. The molecular formula is C17H18FNO2. The lowest BCUT2D eigenvalue weighted by Crippen LogP contribution is -2.02. The number of nitrogens with one attached hydrogen (secondary N) is 1. The Bertz CT molecular complexity index is 596. The maximum absolute atomic E-state index is 13.7. The van der Waals surface area contributed by atoms with Crippen molar-refractivity contribution in [3.05, 3.63) is 66.5 Å². The van der Waals surface area contributed by atoms with Gasteiger partial charge in [-0.1, -0.05) is 24.8 Å². The average molecular weight is 287 g/mol. The molecule has 0 amide bonds. The van der Waals surface area contributed by atoms with Crippen LogP contribution in [0, 0.1) is 5.82 Å². The van der Waals surface area contributed by atoms with Gasteiger partial charge in [0.05, 0.1) is 12.8 Å². The third kappa shape index (κ3) is 4.24. The zero-order valence-electron chi connectivity index (χ0n) is 11.9. The lowest BCUT2D eigenvalue weighted by Gasteiger charge is -2.10. The lowest BCUT2D eigenvalue weighted by molar-refractivity contribution is 0.363. The molecule has 2 rings (SSSR count). The minimum absolute atomic E-state index is 0.304. The Morgan fingerprint density at radius 2 is 1.86 bits per heavy atom. The van der Waals surface area contributed by atoms with Crippen molar-refractivity contribution >= 4 is 5.69 Å². The van der Waals surface area contributed by atoms with Gasteiger partial charge in [0, 0.05) is 12.6 Å². The summed E-state index contributed by atoms with van der Waals surface area (Å²) in [5, 5.41) is 3.05. The first-order valence-electron chi connectivity index (χ1n) is 6.63. The van der Waals surface area contributed by atoms with Crippen LogP contribution in [-0.4, -0.2) is 13.7 Å². The molecule has 4 heteroatoms. The van der Waals surface area contributed by atoms with Gasteiger partial charge in [-0.15, -0.1) is 0 Å². The molecule has 21 heavy (non-hydrogen) atoms. The van der Waals surface area contributed by atoms with Crippen LogP contribution in [0.15, 0.2) is 55.1 Å². The number of rotatable bonds is 7. The van der Waals surface area contributed by atoms with Crippen LogP contribution < -0.4 is 14.8 Å². The van der Waals surface area contributed by atoms with Crippen molar-refractivity contribution < 1.29 is 13.9 Å². The molecule has 0 aliphatic heterocycles. The summed E-state index contributed by atoms with van der Waals surface area (Å²) >= 11 is 0. The number of anilines is 1. The van der Waals surface area contributed by atoms with Gasteiger partial charge in [0.15, 0.2) is 0 Å². The van der Waals surface area contributed by atoms with Gasteiger partial charge < -0.3 is 14.8 Å². The highest BCUT2D eigenvalue weighted by Gasteiger charge is 2.04. The maximum Gasteiger partial charge on any atom is 0.146 e. The highest BCUT2D eigenvalue weighted by molar-refractivity contribution is 5.50. The maximum atomic E-state index is 13.7. The van der Waals surface area contributed by atoms with Crippen molar-refractivity contribution in [2.24, 2.45) is 0 Å². The summed E-state index contributed by atoms with van der Waals surface area (Å²) in [5.41, 5.74) is 1.45. The minimum Gasteiger partial charge on any atom is -0.497 e. The Kier molecular flexibility index (Phi) is 5.21. The number of halogens is 1. The predicted molar refractivity (Wildman–Crippen MR) is 82.4 cm³/mol. The lowest BCUT2D eigenvalue weighted by atomic mass is 10.2. The van der Waals surface area contributed by atoms with Gasteiger partial charge in [0.2, 0.25) is 0 Å². The first-order valence-corrected chi connectivity index (χ1v) is 6.63. The first-order chi connectivity index (χ1) is 10.2. The van der Waals surface area contributed by atoms with Gasteiger partial charge in [-0.2, -0.15) is 0 Å². The molecule has 0 aliphatic rings. The van der Waals surface area contributed by atoms with E-state index in [0.29, 0.717) is 24.6 Å². The molecule has 0 spiro atoms. The van der Waals surface area contributed by atoms with Crippen molar-refractivity contribution in [2.45, 2.75) is 6.54 Å². The Balaban J connectivity index is 1.97. The molecule has 0 atom stereocenters. The molecule has 2 aromatic carbocycles. The Morgan fingerprint density at radius 1 is 1.14 bits per heavy atom. The number of hydrogen-bond donors (Lipinski definition) is 1. The molecule has 0 fully saturated rings. The minimum atomic E-state index is -0.304. The van der Waals surface area contributed by atoms with Gasteiger partial charge in [-0.3, -0.25) is 0 Å². The van der Waals surface area contributed by atoms with Crippen LogP contribution in [0.25, 0.3) is 0 Å². The summed E-state index contributed by atoms with van der Waals surface area (Å²) < 4.78 is 24.2. The molecule has 0 heterocycles. The molecule has 110 valence electrons. The van der Waals surface area contributed by atoms with E-state index < -0.39 is 0 Å². The van der Waals surface area contributed by atoms with Crippen LogP contribution in [-0.2, 0) is 6.54 Å². The van der Waals surface area contributed by atoms with E-state index in [1.807, 2.05) is 24.3 Å². The third-order valence-electron chi connectivity index (χ3n) is 2.95. The van der Waals surface area contributed by atoms with E-state index in [0.717, 1.165) is 11.3 Å². The van der Waals surface area contributed by atoms with Crippen LogP contribution >= 0.6 is 0 Å². The SMILES string of the molecule is C=CCOc1ccc(CNc2cc(OC)ccc2F)cc1. The molecular weight excluding hydrogens is 269 g/mol. The number of benzene rings is 2. The van der Waals surface area contributed by atoms with Crippen molar-refractivity contribution in [3.8, 4) is 11.5 Å². The third-order valence-corrected chi connectivity index (χ3v) is 2.95. The second-order valence-electron chi connectivity index (χ2n) is 4.44. The molecule has 1 N–H and O–H groups in total. The normalized spacial score (nSPS) is 10.0. The second-order valence-corrected chi connectivity index (χ2v) is 4.44. The van der Waals surface area contributed by atoms with E-state index in [2.05, 4.69) is 11.9 Å². The number of ether oxygens (including phenoxy) is 2. The fourth-order valence-electron chi connectivity index (χ4n) is 1.82. The zero-order valence-corrected chi connectivity index (χ0v) is 11.9. The summed E-state index contributed by atoms with van der Waals surface area (Å²) in [6.45, 7) is 4.60. The monoisotopic (exact) mass is 287 g/mol. The van der Waals surface area contributed by atoms with Crippen molar-refractivity contribution in [1.29, 1.82) is 0 Å². The molecule has 2 aromatic rings. The second kappa shape index (κ2) is 7.33. The zero-order chi connectivity index (χ0) is 15.1. The van der Waals surface area contributed by atoms with E-state index in [1.54, 1.807) is 25.3 Å². The van der Waals surface area contributed by atoms with Crippen LogP contribution in [0.5, 0.6) is 11.5 Å². The van der Waals surface area contributed by atoms with Gasteiger partial charge >= 0.3 is 0 Å². The molecule has 0 aliphatic carbocycles. The van der Waals surface area contributed by atoms with Gasteiger partial charge in [-0.05, 0) is 29.8 Å². The Hall–Kier alpha value is -2.49. The molecule has 3 nitrogen and oxygen atoms in total. The van der Waals surface area contributed by atoms with Crippen LogP contribution in [0.4, 0.5) is 10.1 Å². The Morgan fingerprint density at radius 3 is 2.52 bits per heavy atom. The van der Waals surface area contributed by atoms with Crippen LogP contribution in [0.3, 0.4) is 0 Å². The van der Waals surface area contributed by atoms with E-state index in [-0.39, 0.29) is 5.82 Å². The first kappa shape index (κ1) is 14.9. The number of hydrogen-bond acceptors (Lipinski definition) is 3. The van der Waals surface area contributed by atoms with Crippen molar-refractivity contribution in [2.75, 3.05) is 19.0 Å². The predicted octanol–water partition coefficient (Wildman–Crippen LogP) is 4.01. The summed E-state index contributed by atoms with van der Waals surface area (Å²) in [6, 6.07) is 12.2. The average Bonchev–Trinajstić information content (AvgIpc) is 2.53. The standard InChI is InChI=1S/C17H18FNO2/c1-3-10-21-14-6-4-13(5-7-14)12-19-17-11-15(20-2)8-9-16(17)18/h3-9,11,19H,1,10,12H2,2H3. The fourth-order valence-corrected chi connectivity index (χ4v) is 1.82. The fraction of sp³-hybridized carbons (Fsp3) is 0.176. The number of methoxy groups -OCH3 is 1. The molecule has 0 bridgehead atoms. The summed E-state index contributed by atoms with van der Waals surface area (Å²) in [5.74, 6) is 1.10. The summed E-state index contributed by atoms with van der Waals surface area (Å²) in [4.78, 5) is 0. The molecule has 0 radical (unpaired) electrons. The van der Waals surface area contributed by atoms with E-state index in [9.17, 15) is 4.39 Å². The van der Waals surface area contributed by atoms with E-state index in [4.69, 9.17) is 9.47 Å². The van der Waals surface area contributed by atoms with Crippen LogP contribution in [0.1, 0.15) is 5.56 Å². The van der Waals surface area contributed by atoms with Gasteiger partial charge in [-0.25, -0.2) is 4.39 Å². The quantitative estimate of drug-likeness (QED) is 0.780. The molecule has 0 saturated heterocycles. The molecule has 0 saturated carbocycles. The van der Waals surface area contributed by atoms with E-state index in [1.165, 1.54) is 6.07 Å². The summed E-state index contributed by atoms with van der Waals surface area (Å²) in [7, 11) is 1.55. The van der Waals surface area contributed by atoms with Crippen molar-refractivity contribution in [1.82, 2.24) is 0 Å². The molecule has 0 aromatic heterocycles. The van der Waals surface area contributed by atoms with Gasteiger partial charge in [0.25, 0.3) is 0 Å². The topological polar surface area (TPSA) is 30.5 Å².